The van der Waals surface area contributed by atoms with Gasteiger partial charge in [0.25, 0.3) is 5.91 Å². The standard InChI is InChI=1S/C19H22F2N6O2/c1-4-19(27-8-13(16(22)28)17(25-27)23-11(2)3)9-26(10-19)18(29)24-15-6-5-12(20)7-14(15)21/h5-8H,2,4,9-10H2,1,3H3,(H2,22,28)(H,23,25)(H,24,29). The molecule has 10 heteroatoms. The first-order valence-electron chi connectivity index (χ1n) is 8.98. The normalized spacial score (nSPS) is 14.8. The summed E-state index contributed by atoms with van der Waals surface area (Å²) in [6.07, 6.45) is 2.18. The Morgan fingerprint density at radius 2 is 2.00 bits per heavy atom. The molecule has 0 aliphatic carbocycles. The van der Waals surface area contributed by atoms with Crippen molar-refractivity contribution in [3.05, 3.63) is 53.9 Å². The fraction of sp³-hybridized carbons (Fsp3) is 0.316. The molecule has 29 heavy (non-hydrogen) atoms. The van der Waals surface area contributed by atoms with Crippen molar-refractivity contribution in [2.45, 2.75) is 25.8 Å². The number of allylic oxidation sites excluding steroid dienone is 1. The number of hydrogen-bond donors (Lipinski definition) is 3. The topological polar surface area (TPSA) is 105 Å². The number of carbonyl (C=O) groups is 2. The van der Waals surface area contributed by atoms with Gasteiger partial charge in [0.05, 0.1) is 11.2 Å². The number of aromatic nitrogens is 2. The molecule has 1 fully saturated rings. The Bertz CT molecular complexity index is 981. The summed E-state index contributed by atoms with van der Waals surface area (Å²) in [5.41, 5.74) is 5.62. The maximum Gasteiger partial charge on any atom is 0.322 e. The summed E-state index contributed by atoms with van der Waals surface area (Å²) in [5, 5.41) is 9.76. The molecule has 0 bridgehead atoms. The van der Waals surface area contributed by atoms with Crippen LogP contribution in [0.1, 0.15) is 30.6 Å². The van der Waals surface area contributed by atoms with Crippen LogP contribution < -0.4 is 16.4 Å². The van der Waals surface area contributed by atoms with Gasteiger partial charge in [0.2, 0.25) is 0 Å². The van der Waals surface area contributed by atoms with Crippen LogP contribution in [0.15, 0.2) is 36.7 Å². The molecular weight excluding hydrogens is 382 g/mol. The summed E-state index contributed by atoms with van der Waals surface area (Å²) in [4.78, 5) is 25.6. The number of amides is 3. The molecule has 1 aliphatic heterocycles. The molecule has 4 N–H and O–H groups in total. The van der Waals surface area contributed by atoms with Gasteiger partial charge in [-0.2, -0.15) is 5.10 Å². The Kier molecular flexibility index (Phi) is 5.27. The number of halogens is 2. The summed E-state index contributed by atoms with van der Waals surface area (Å²) in [7, 11) is 0. The van der Waals surface area contributed by atoms with Crippen LogP contribution in [0.25, 0.3) is 0 Å². The largest absolute Gasteiger partial charge is 0.365 e. The van der Waals surface area contributed by atoms with Crippen molar-refractivity contribution < 1.29 is 18.4 Å². The number of urea groups is 1. The highest BCUT2D eigenvalue weighted by molar-refractivity contribution is 5.97. The lowest BCUT2D eigenvalue weighted by atomic mass is 9.87. The molecule has 1 aromatic heterocycles. The monoisotopic (exact) mass is 404 g/mol. The van der Waals surface area contributed by atoms with Crippen molar-refractivity contribution in [1.29, 1.82) is 0 Å². The maximum atomic E-state index is 13.8. The van der Waals surface area contributed by atoms with E-state index in [2.05, 4.69) is 22.3 Å². The predicted molar refractivity (Wildman–Crippen MR) is 104 cm³/mol. The number of anilines is 2. The second-order valence-electron chi connectivity index (χ2n) is 7.09. The fourth-order valence-corrected chi connectivity index (χ4v) is 3.22. The van der Waals surface area contributed by atoms with Gasteiger partial charge in [0.1, 0.15) is 17.2 Å². The zero-order chi connectivity index (χ0) is 21.3. The van der Waals surface area contributed by atoms with Crippen LogP contribution in [0.3, 0.4) is 0 Å². The first kappa shape index (κ1) is 20.3. The molecule has 1 saturated heterocycles. The number of rotatable bonds is 6. The van der Waals surface area contributed by atoms with Gasteiger partial charge in [-0.05, 0) is 25.5 Å². The van der Waals surface area contributed by atoms with E-state index >= 15 is 0 Å². The van der Waals surface area contributed by atoms with Gasteiger partial charge in [-0.1, -0.05) is 13.5 Å². The van der Waals surface area contributed by atoms with Crippen molar-refractivity contribution in [3.8, 4) is 0 Å². The Morgan fingerprint density at radius 3 is 2.55 bits per heavy atom. The average Bonchev–Trinajstić information content (AvgIpc) is 3.00. The van der Waals surface area contributed by atoms with E-state index in [1.54, 1.807) is 17.8 Å². The first-order chi connectivity index (χ1) is 13.6. The molecule has 2 aromatic rings. The molecule has 0 radical (unpaired) electrons. The maximum absolute atomic E-state index is 13.8. The molecule has 1 aromatic carbocycles. The van der Waals surface area contributed by atoms with Gasteiger partial charge in [0, 0.05) is 31.0 Å². The van der Waals surface area contributed by atoms with Gasteiger partial charge in [-0.15, -0.1) is 0 Å². The number of likely N-dealkylation sites (tertiary alicyclic amines) is 1. The predicted octanol–water partition coefficient (Wildman–Crippen LogP) is 2.86. The van der Waals surface area contributed by atoms with E-state index in [1.165, 1.54) is 4.90 Å². The van der Waals surface area contributed by atoms with E-state index in [4.69, 9.17) is 5.73 Å². The van der Waals surface area contributed by atoms with Crippen LogP contribution in [0.4, 0.5) is 25.1 Å². The molecule has 0 unspecified atom stereocenters. The lowest BCUT2D eigenvalue weighted by molar-refractivity contribution is 0.0332. The summed E-state index contributed by atoms with van der Waals surface area (Å²) >= 11 is 0. The third-order valence-corrected chi connectivity index (χ3v) is 4.89. The van der Waals surface area contributed by atoms with Crippen molar-refractivity contribution in [1.82, 2.24) is 14.7 Å². The molecule has 154 valence electrons. The van der Waals surface area contributed by atoms with Crippen molar-refractivity contribution in [2.24, 2.45) is 5.73 Å². The van der Waals surface area contributed by atoms with Gasteiger partial charge in [-0.3, -0.25) is 9.48 Å². The van der Waals surface area contributed by atoms with E-state index in [-0.39, 0.29) is 11.3 Å². The summed E-state index contributed by atoms with van der Waals surface area (Å²) in [6.45, 7) is 7.99. The number of primary amides is 1. The third-order valence-electron chi connectivity index (χ3n) is 4.89. The zero-order valence-electron chi connectivity index (χ0n) is 16.1. The van der Waals surface area contributed by atoms with E-state index in [1.807, 2.05) is 6.92 Å². The number of carbonyl (C=O) groups excluding carboxylic acids is 2. The van der Waals surface area contributed by atoms with Gasteiger partial charge in [0.15, 0.2) is 5.82 Å². The fourth-order valence-electron chi connectivity index (χ4n) is 3.22. The van der Waals surface area contributed by atoms with Crippen LogP contribution in [0.5, 0.6) is 0 Å². The minimum atomic E-state index is -0.852. The van der Waals surface area contributed by atoms with Crippen LogP contribution in [0.2, 0.25) is 0 Å². The SMILES string of the molecule is C=C(C)Nc1nn(C2(CC)CN(C(=O)Nc3ccc(F)cc3F)C2)cc1C(N)=O. The molecule has 3 amide bonds. The lowest BCUT2D eigenvalue weighted by Crippen LogP contribution is -2.64. The number of hydrogen-bond acceptors (Lipinski definition) is 4. The molecule has 0 saturated carbocycles. The van der Waals surface area contributed by atoms with Gasteiger partial charge < -0.3 is 21.3 Å². The van der Waals surface area contributed by atoms with E-state index in [9.17, 15) is 18.4 Å². The van der Waals surface area contributed by atoms with Crippen molar-refractivity contribution in [2.75, 3.05) is 23.7 Å². The Balaban J connectivity index is 1.75. The summed E-state index contributed by atoms with van der Waals surface area (Å²) in [5.74, 6) is -1.91. The first-order valence-corrected chi connectivity index (χ1v) is 8.98. The minimum absolute atomic E-state index is 0.103. The highest BCUT2D eigenvalue weighted by Crippen LogP contribution is 2.34. The van der Waals surface area contributed by atoms with Gasteiger partial charge >= 0.3 is 6.03 Å². The quantitative estimate of drug-likeness (QED) is 0.688. The minimum Gasteiger partial charge on any atom is -0.365 e. The number of nitrogens with one attached hydrogen (secondary N) is 2. The molecule has 1 aliphatic rings. The van der Waals surface area contributed by atoms with Gasteiger partial charge in [-0.25, -0.2) is 13.6 Å². The van der Waals surface area contributed by atoms with Crippen LogP contribution >= 0.6 is 0 Å². The Morgan fingerprint density at radius 1 is 1.31 bits per heavy atom. The molecule has 3 rings (SSSR count). The van der Waals surface area contributed by atoms with Crippen LogP contribution in [-0.2, 0) is 5.54 Å². The molecule has 0 atom stereocenters. The van der Waals surface area contributed by atoms with Crippen molar-refractivity contribution in [3.63, 3.8) is 0 Å². The van der Waals surface area contributed by atoms with E-state index < -0.39 is 29.1 Å². The molecule has 2 heterocycles. The zero-order valence-corrected chi connectivity index (χ0v) is 16.1. The van der Waals surface area contributed by atoms with E-state index in [0.29, 0.717) is 37.1 Å². The smallest absolute Gasteiger partial charge is 0.322 e. The highest BCUT2D eigenvalue weighted by atomic mass is 19.1. The third kappa shape index (κ3) is 3.91. The Hall–Kier alpha value is -3.43. The average molecular weight is 404 g/mol. The van der Waals surface area contributed by atoms with E-state index in [0.717, 1.165) is 12.1 Å². The molecule has 8 nitrogen and oxygen atoms in total. The number of nitrogens with zero attached hydrogens (tertiary/aromatic N) is 3. The number of nitrogens with two attached hydrogens (primary N) is 1. The van der Waals surface area contributed by atoms with Crippen molar-refractivity contribution >= 4 is 23.4 Å². The second-order valence-corrected chi connectivity index (χ2v) is 7.09. The lowest BCUT2D eigenvalue weighted by Gasteiger charge is -2.49. The van der Waals surface area contributed by atoms with Crippen LogP contribution in [-0.4, -0.2) is 39.7 Å². The molecule has 0 spiro atoms. The van der Waals surface area contributed by atoms with Crippen LogP contribution in [0, 0.1) is 11.6 Å². The number of benzene rings is 1. The summed E-state index contributed by atoms with van der Waals surface area (Å²) in [6, 6.07) is 2.42. The second kappa shape index (κ2) is 7.53. The molecular formula is C19H22F2N6O2. The summed E-state index contributed by atoms with van der Waals surface area (Å²) < 4.78 is 28.4. The Labute approximate surface area is 166 Å². The highest BCUT2D eigenvalue weighted by Gasteiger charge is 2.46.